The maximum absolute atomic E-state index is 18.3. The summed E-state index contributed by atoms with van der Waals surface area (Å²) in [4.78, 5) is 3.02. The Balaban J connectivity index is 1.88. The number of benzene rings is 3. The number of aromatic nitrogens is 2. The van der Waals surface area contributed by atoms with Gasteiger partial charge in [-0.25, -0.2) is 4.99 Å². The van der Waals surface area contributed by atoms with E-state index in [1.165, 1.54) is 0 Å². The lowest BCUT2D eigenvalue weighted by molar-refractivity contribution is -0.162. The van der Waals surface area contributed by atoms with Crippen molar-refractivity contribution in [2.75, 3.05) is 0 Å². The van der Waals surface area contributed by atoms with E-state index in [0.717, 1.165) is 0 Å². The molecular formula is C42H12BF28N3. The van der Waals surface area contributed by atoms with E-state index in [9.17, 15) is 39.5 Å². The van der Waals surface area contributed by atoms with E-state index in [4.69, 9.17) is 0 Å². The second kappa shape index (κ2) is 16.1. The Morgan fingerprint density at radius 3 is 0.919 bits per heavy atom. The maximum atomic E-state index is 18.3. The number of rotatable bonds is 3. The molecule has 0 aliphatic carbocycles. The van der Waals surface area contributed by atoms with Gasteiger partial charge in [0.25, 0.3) is 0 Å². The quantitative estimate of drug-likeness (QED) is 0.127. The Labute approximate surface area is 389 Å². The summed E-state index contributed by atoms with van der Waals surface area (Å²) in [5.74, 6) is 0. The molecule has 3 aliphatic heterocycles. The Kier molecular flexibility index (Phi) is 11.6. The molecule has 0 saturated heterocycles. The van der Waals surface area contributed by atoms with Crippen molar-refractivity contribution in [2.24, 2.45) is 4.99 Å². The molecule has 74 heavy (non-hydrogen) atoms. The zero-order valence-electron chi connectivity index (χ0n) is 34.4. The van der Waals surface area contributed by atoms with Crippen LogP contribution < -0.4 is 10.7 Å². The summed E-state index contributed by atoms with van der Waals surface area (Å²) in [7, 11) is -4.73. The molecule has 0 amide bonds. The van der Waals surface area contributed by atoms with Crippen LogP contribution in [0, 0.1) is 0 Å². The predicted molar refractivity (Wildman–Crippen MR) is 197 cm³/mol. The number of halogens is 28. The summed E-state index contributed by atoms with van der Waals surface area (Å²) in [5, 5.41) is -5.77. The fourth-order valence-electron chi connectivity index (χ4n) is 8.81. The maximum Gasteiger partial charge on any atom is 0.597 e. The van der Waals surface area contributed by atoms with Crippen LogP contribution in [0.4, 0.5) is 123 Å². The van der Waals surface area contributed by atoms with E-state index in [1.807, 2.05) is 0 Å². The third-order valence-corrected chi connectivity index (χ3v) is 11.4. The molecule has 0 radical (unpaired) electrons. The average molecular weight is 1100 g/mol. The first kappa shape index (κ1) is 53.5. The summed E-state index contributed by atoms with van der Waals surface area (Å²) >= 11 is 0. The Bertz CT molecular complexity index is 3370. The summed E-state index contributed by atoms with van der Waals surface area (Å²) in [6.45, 7) is 0. The van der Waals surface area contributed by atoms with Gasteiger partial charge in [0.2, 0.25) is 0 Å². The van der Waals surface area contributed by atoms with Gasteiger partial charge in [-0.15, -0.1) is 0 Å². The molecule has 5 heterocycles. The van der Waals surface area contributed by atoms with Crippen LogP contribution in [-0.4, -0.2) is 34.3 Å². The molecule has 0 N–H and O–H groups in total. The van der Waals surface area contributed by atoms with Gasteiger partial charge in [-0.05, 0) is 53.1 Å². The highest BCUT2D eigenvalue weighted by Crippen LogP contribution is 2.56. The Morgan fingerprint density at radius 1 is 0.311 bits per heavy atom. The molecule has 5 aromatic rings. The topological polar surface area (TPSA) is 22.2 Å². The SMILES string of the molecule is FB1n2c3c(C(F)(F)F)c(C(F)(F)F)c2C(c2ccc(C(F)(F)F)cc2)=c2c(C(F)(F)F)c(C(F)(F)F)c(n21)=C(c1ccc(C(F)(F)F)cc1)C1=NC(=C3c2ccc(C(F)(F)F)cc2)C(C(F)(F)F)=C1C(F)(F)F. The molecule has 0 saturated carbocycles. The van der Waals surface area contributed by atoms with Crippen molar-refractivity contribution in [3.05, 3.63) is 167 Å². The van der Waals surface area contributed by atoms with Crippen molar-refractivity contribution in [1.29, 1.82) is 0 Å². The molecule has 2 aromatic heterocycles. The highest BCUT2D eigenvalue weighted by atomic mass is 19.4. The predicted octanol–water partition coefficient (Wildman–Crippen LogP) is 14.2. The third kappa shape index (κ3) is 8.56. The molecule has 3 aliphatic rings. The van der Waals surface area contributed by atoms with Gasteiger partial charge in [0, 0.05) is 16.7 Å². The first-order chi connectivity index (χ1) is 33.4. The van der Waals surface area contributed by atoms with Gasteiger partial charge in [0.15, 0.2) is 0 Å². The Morgan fingerprint density at radius 2 is 0.608 bits per heavy atom. The molecule has 0 unspecified atom stereocenters. The molecule has 0 fully saturated rings. The van der Waals surface area contributed by atoms with Crippen molar-refractivity contribution in [3.63, 3.8) is 0 Å². The first-order valence-corrected chi connectivity index (χ1v) is 19.4. The largest absolute Gasteiger partial charge is 0.597 e. The third-order valence-electron chi connectivity index (χ3n) is 11.4. The molecule has 0 atom stereocenters. The molecule has 3 nitrogen and oxygen atoms in total. The van der Waals surface area contributed by atoms with Crippen molar-refractivity contribution in [2.45, 2.75) is 55.6 Å². The lowest BCUT2D eigenvalue weighted by atomic mass is 9.89. The molecule has 3 aromatic carbocycles. The lowest BCUT2D eigenvalue weighted by Crippen LogP contribution is -2.51. The minimum atomic E-state index is -6.98. The summed E-state index contributed by atoms with van der Waals surface area (Å²) in [6, 6.07) is -2.78. The van der Waals surface area contributed by atoms with E-state index < -0.39 is 189 Å². The second-order valence-corrected chi connectivity index (χ2v) is 15.8. The smallest absolute Gasteiger partial charge is 0.333 e. The highest BCUT2D eigenvalue weighted by Gasteiger charge is 2.60. The fraction of sp³-hybridized carbons (Fsp3) is 0.214. The van der Waals surface area contributed by atoms with E-state index >= 15 is 83.3 Å². The van der Waals surface area contributed by atoms with Crippen LogP contribution in [0.15, 0.2) is 94.6 Å². The highest BCUT2D eigenvalue weighted by molar-refractivity contribution is 6.50. The number of hydrogen-bond acceptors (Lipinski definition) is 1. The molecule has 394 valence electrons. The van der Waals surface area contributed by atoms with Crippen LogP contribution in [-0.2, 0) is 43.2 Å². The molecule has 32 heteroatoms. The van der Waals surface area contributed by atoms with Gasteiger partial charge in [0.05, 0.1) is 83.6 Å². The normalized spacial score (nSPS) is 16.3. The van der Waals surface area contributed by atoms with Crippen molar-refractivity contribution in [3.8, 4) is 0 Å². The number of fused-ring (bicyclic) bond motifs is 1. The van der Waals surface area contributed by atoms with Gasteiger partial charge in [-0.1, -0.05) is 36.4 Å². The van der Waals surface area contributed by atoms with Crippen LogP contribution in [0.2, 0.25) is 0 Å². The van der Waals surface area contributed by atoms with Gasteiger partial charge < -0.3 is 8.96 Å². The van der Waals surface area contributed by atoms with Gasteiger partial charge >= 0.3 is 62.8 Å². The van der Waals surface area contributed by atoms with Crippen molar-refractivity contribution in [1.82, 2.24) is 8.96 Å². The zero-order valence-corrected chi connectivity index (χ0v) is 34.4. The van der Waals surface area contributed by atoms with Gasteiger partial charge in [-0.3, -0.25) is 4.32 Å². The number of nitrogens with zero attached hydrogens (tertiary/aromatic N) is 3. The Hall–Kier alpha value is -6.79. The monoisotopic (exact) mass is 1100 g/mol. The number of aliphatic imine (C=N–C) groups is 1. The minimum absolute atomic E-state index is 0.188. The second-order valence-electron chi connectivity index (χ2n) is 15.8. The van der Waals surface area contributed by atoms with Crippen LogP contribution in [0.25, 0.3) is 16.7 Å². The lowest BCUT2D eigenvalue weighted by Gasteiger charge is -2.27. The summed E-state index contributed by atoms with van der Waals surface area (Å²) < 4.78 is 423. The van der Waals surface area contributed by atoms with Crippen LogP contribution >= 0.6 is 0 Å². The van der Waals surface area contributed by atoms with Crippen LogP contribution in [0.3, 0.4) is 0 Å². The molecular weight excluding hydrogens is 1090 g/mol. The summed E-state index contributed by atoms with van der Waals surface area (Å²) in [6.07, 6.45) is -58.3. The van der Waals surface area contributed by atoms with E-state index in [0.29, 0.717) is 0 Å². The molecule has 4 bridgehead atoms. The average Bonchev–Trinajstić information content (AvgIpc) is 3.91. The zero-order chi connectivity index (χ0) is 55.5. The standard InChI is InChI=1S/C42H12BF28N3/c44-34(45,46)16-7-1-13(2-8-16)19-28-22(37(53,54)55)23(38(56,57)58)29(72-28)20(14-3-9-17(10-4-14)35(47,48)49)31-25(40(62,63)64)27(42(68,69)70)33-21(15-5-11-18(12-6-15)36(50,51)52)32-26(41(65,66)67)24(39(59,60)61)30(19)73(32)43(71)74(31)33/h1-12H. The summed E-state index contributed by atoms with van der Waals surface area (Å²) in [5.41, 5.74) is -51.7. The van der Waals surface area contributed by atoms with E-state index in [1.54, 1.807) is 0 Å². The van der Waals surface area contributed by atoms with Gasteiger partial charge in [0.1, 0.15) is 0 Å². The number of allylic oxidation sites excluding steroid dienone is 2. The minimum Gasteiger partial charge on any atom is -0.333 e. The van der Waals surface area contributed by atoms with Crippen LogP contribution in [0.5, 0.6) is 0 Å². The fourth-order valence-corrected chi connectivity index (χ4v) is 8.81. The molecule has 8 rings (SSSR count). The van der Waals surface area contributed by atoms with Crippen molar-refractivity contribution < 1.29 is 123 Å². The van der Waals surface area contributed by atoms with Gasteiger partial charge in [-0.2, -0.15) is 119 Å². The molecule has 0 spiro atoms. The number of hydrogen-bond donors (Lipinski definition) is 0. The number of alkyl halides is 27. The first-order valence-electron chi connectivity index (χ1n) is 19.4. The van der Waals surface area contributed by atoms with E-state index in [-0.39, 0.29) is 72.8 Å². The van der Waals surface area contributed by atoms with Crippen molar-refractivity contribution >= 4 is 29.7 Å². The van der Waals surface area contributed by atoms with E-state index in [2.05, 4.69) is 4.99 Å². The van der Waals surface area contributed by atoms with Crippen LogP contribution in [0.1, 0.15) is 67.0 Å².